The SMILES string of the molecule is CCN1CC[C@@H](F)[C@H](Oc2ccc3c(c2)CN(C2CCC(=O)NC2=O)C3=O)C1. The van der Waals surface area contributed by atoms with Crippen LogP contribution >= 0.6 is 0 Å². The van der Waals surface area contributed by atoms with Gasteiger partial charge >= 0.3 is 0 Å². The van der Waals surface area contributed by atoms with Crippen molar-refractivity contribution in [2.45, 2.75) is 51.0 Å². The monoisotopic (exact) mass is 389 g/mol. The Balaban J connectivity index is 1.48. The standard InChI is InChI=1S/C20H24FN3O4/c1-2-23-8-7-15(21)17(11-23)28-13-3-4-14-12(9-13)10-24(20(14)27)16-5-6-18(25)22-19(16)26/h3-4,9,15-17H,2,5-8,10-11H2,1H3,(H,22,25,26)/t15-,16?,17-/m1/s1. The van der Waals surface area contributed by atoms with E-state index < -0.39 is 24.2 Å². The molecule has 28 heavy (non-hydrogen) atoms. The number of piperidine rings is 2. The van der Waals surface area contributed by atoms with Crippen LogP contribution in [-0.4, -0.2) is 65.5 Å². The first kappa shape index (κ1) is 18.9. The summed E-state index contributed by atoms with van der Waals surface area (Å²) >= 11 is 0. The summed E-state index contributed by atoms with van der Waals surface area (Å²) in [6.45, 7) is 4.45. The molecule has 0 spiro atoms. The van der Waals surface area contributed by atoms with E-state index in [9.17, 15) is 18.8 Å². The molecule has 1 N–H and O–H groups in total. The van der Waals surface area contributed by atoms with Crippen LogP contribution in [0.2, 0.25) is 0 Å². The van der Waals surface area contributed by atoms with Gasteiger partial charge in [0.15, 0.2) is 0 Å². The van der Waals surface area contributed by atoms with Crippen LogP contribution in [0.25, 0.3) is 0 Å². The Labute approximate surface area is 162 Å². The van der Waals surface area contributed by atoms with E-state index >= 15 is 0 Å². The summed E-state index contributed by atoms with van der Waals surface area (Å²) < 4.78 is 20.2. The second-order valence-electron chi connectivity index (χ2n) is 7.57. The molecule has 3 atom stereocenters. The zero-order valence-electron chi connectivity index (χ0n) is 15.8. The average Bonchev–Trinajstić information content (AvgIpc) is 2.99. The Morgan fingerprint density at radius 3 is 2.82 bits per heavy atom. The summed E-state index contributed by atoms with van der Waals surface area (Å²) in [4.78, 5) is 39.8. The normalized spacial score (nSPS) is 28.3. The summed E-state index contributed by atoms with van der Waals surface area (Å²) in [6.07, 6.45) is -0.553. The third-order valence-corrected chi connectivity index (χ3v) is 5.79. The summed E-state index contributed by atoms with van der Waals surface area (Å²) in [5.74, 6) is -0.442. The number of halogens is 1. The van der Waals surface area contributed by atoms with Crippen LogP contribution in [0, 0.1) is 0 Å². The lowest BCUT2D eigenvalue weighted by atomic mass is 10.0. The number of imide groups is 1. The first-order valence-electron chi connectivity index (χ1n) is 9.77. The molecular formula is C20H24FN3O4. The van der Waals surface area contributed by atoms with Gasteiger partial charge in [0.1, 0.15) is 24.1 Å². The van der Waals surface area contributed by atoms with Crippen molar-refractivity contribution in [3.63, 3.8) is 0 Å². The van der Waals surface area contributed by atoms with Gasteiger partial charge in [0.05, 0.1) is 0 Å². The predicted octanol–water partition coefficient (Wildman–Crippen LogP) is 1.26. The van der Waals surface area contributed by atoms with Crippen LogP contribution < -0.4 is 10.1 Å². The molecule has 2 fully saturated rings. The van der Waals surface area contributed by atoms with Gasteiger partial charge in [-0.1, -0.05) is 6.92 Å². The Bertz CT molecular complexity index is 815. The number of nitrogens with zero attached hydrogens (tertiary/aromatic N) is 2. The van der Waals surface area contributed by atoms with Crippen molar-refractivity contribution in [2.75, 3.05) is 19.6 Å². The van der Waals surface area contributed by atoms with Crippen molar-refractivity contribution < 1.29 is 23.5 Å². The highest BCUT2D eigenvalue weighted by Gasteiger charge is 2.39. The van der Waals surface area contributed by atoms with Gasteiger partial charge in [0, 0.05) is 31.6 Å². The average molecular weight is 389 g/mol. The fourth-order valence-corrected chi connectivity index (χ4v) is 4.15. The van der Waals surface area contributed by atoms with Gasteiger partial charge in [0.25, 0.3) is 5.91 Å². The molecule has 1 aromatic carbocycles. The Morgan fingerprint density at radius 1 is 1.25 bits per heavy atom. The second-order valence-corrected chi connectivity index (χ2v) is 7.57. The number of ether oxygens (including phenoxy) is 1. The molecule has 3 amide bonds. The van der Waals surface area contributed by atoms with E-state index in [4.69, 9.17) is 4.74 Å². The smallest absolute Gasteiger partial charge is 0.255 e. The molecule has 3 heterocycles. The molecule has 4 rings (SSSR count). The van der Waals surface area contributed by atoms with E-state index in [0.29, 0.717) is 30.7 Å². The molecule has 2 saturated heterocycles. The molecular weight excluding hydrogens is 365 g/mol. The van der Waals surface area contributed by atoms with Crippen molar-refractivity contribution in [2.24, 2.45) is 0 Å². The molecule has 3 aliphatic rings. The number of hydrogen-bond acceptors (Lipinski definition) is 5. The first-order valence-corrected chi connectivity index (χ1v) is 9.77. The van der Waals surface area contributed by atoms with Crippen molar-refractivity contribution in [3.05, 3.63) is 29.3 Å². The highest BCUT2D eigenvalue weighted by molar-refractivity contribution is 6.05. The third kappa shape index (κ3) is 3.48. The minimum absolute atomic E-state index is 0.221. The third-order valence-electron chi connectivity index (χ3n) is 5.79. The van der Waals surface area contributed by atoms with E-state index in [1.165, 1.54) is 4.90 Å². The highest BCUT2D eigenvalue weighted by atomic mass is 19.1. The molecule has 0 bridgehead atoms. The van der Waals surface area contributed by atoms with E-state index in [-0.39, 0.29) is 24.8 Å². The van der Waals surface area contributed by atoms with E-state index in [1.54, 1.807) is 18.2 Å². The van der Waals surface area contributed by atoms with Crippen molar-refractivity contribution >= 4 is 17.7 Å². The van der Waals surface area contributed by atoms with Crippen molar-refractivity contribution in [3.8, 4) is 5.75 Å². The Hall–Kier alpha value is -2.48. The molecule has 3 aliphatic heterocycles. The maximum Gasteiger partial charge on any atom is 0.255 e. The largest absolute Gasteiger partial charge is 0.486 e. The minimum Gasteiger partial charge on any atom is -0.486 e. The molecule has 0 radical (unpaired) electrons. The number of nitrogens with one attached hydrogen (secondary N) is 1. The molecule has 1 unspecified atom stereocenters. The van der Waals surface area contributed by atoms with Gasteiger partial charge in [-0.2, -0.15) is 0 Å². The summed E-state index contributed by atoms with van der Waals surface area (Å²) in [5.41, 5.74) is 1.28. The van der Waals surface area contributed by atoms with E-state index in [0.717, 1.165) is 18.7 Å². The molecule has 1 aromatic rings. The molecule has 7 nitrogen and oxygen atoms in total. The number of hydrogen-bond donors (Lipinski definition) is 1. The zero-order chi connectivity index (χ0) is 19.8. The molecule has 0 saturated carbocycles. The number of fused-ring (bicyclic) bond motifs is 1. The summed E-state index contributed by atoms with van der Waals surface area (Å²) in [6, 6.07) is 4.47. The maximum absolute atomic E-state index is 14.3. The number of rotatable bonds is 4. The summed E-state index contributed by atoms with van der Waals surface area (Å²) in [7, 11) is 0. The number of amides is 3. The topological polar surface area (TPSA) is 79.0 Å². The lowest BCUT2D eigenvalue weighted by Gasteiger charge is -2.34. The van der Waals surface area contributed by atoms with Gasteiger partial charge in [-0.15, -0.1) is 0 Å². The minimum atomic E-state index is -1.02. The molecule has 0 aromatic heterocycles. The van der Waals surface area contributed by atoms with Crippen LogP contribution in [0.4, 0.5) is 4.39 Å². The number of benzene rings is 1. The Kier molecular flexibility index (Phi) is 5.05. The number of likely N-dealkylation sites (tertiary alicyclic amines) is 1. The Morgan fingerprint density at radius 2 is 2.07 bits per heavy atom. The number of carbonyl (C=O) groups excluding carboxylic acids is 3. The fourth-order valence-electron chi connectivity index (χ4n) is 4.15. The number of likely N-dealkylation sites (N-methyl/N-ethyl adjacent to an activating group) is 1. The zero-order valence-corrected chi connectivity index (χ0v) is 15.8. The van der Waals surface area contributed by atoms with Gasteiger partial charge in [0.2, 0.25) is 11.8 Å². The fraction of sp³-hybridized carbons (Fsp3) is 0.550. The lowest BCUT2D eigenvalue weighted by Crippen LogP contribution is -2.52. The molecule has 150 valence electrons. The molecule has 8 heteroatoms. The molecule has 0 aliphatic carbocycles. The van der Waals surface area contributed by atoms with Gasteiger partial charge < -0.3 is 9.64 Å². The van der Waals surface area contributed by atoms with Crippen molar-refractivity contribution in [1.29, 1.82) is 0 Å². The number of carbonyl (C=O) groups is 3. The summed E-state index contributed by atoms with van der Waals surface area (Å²) in [5, 5.41) is 2.29. The van der Waals surface area contributed by atoms with Crippen LogP contribution in [0.1, 0.15) is 42.1 Å². The maximum atomic E-state index is 14.3. The lowest BCUT2D eigenvalue weighted by molar-refractivity contribution is -0.136. The van der Waals surface area contributed by atoms with Crippen LogP contribution in [0.5, 0.6) is 5.75 Å². The quantitative estimate of drug-likeness (QED) is 0.785. The number of alkyl halides is 1. The van der Waals surface area contributed by atoms with Gasteiger partial charge in [-0.3, -0.25) is 24.6 Å². The van der Waals surface area contributed by atoms with E-state index in [1.807, 2.05) is 6.92 Å². The highest BCUT2D eigenvalue weighted by Crippen LogP contribution is 2.31. The van der Waals surface area contributed by atoms with Crippen molar-refractivity contribution in [1.82, 2.24) is 15.1 Å². The van der Waals surface area contributed by atoms with Crippen LogP contribution in [0.3, 0.4) is 0 Å². The van der Waals surface area contributed by atoms with E-state index in [2.05, 4.69) is 10.2 Å². The second kappa shape index (κ2) is 7.50. The van der Waals surface area contributed by atoms with Crippen LogP contribution in [-0.2, 0) is 16.1 Å². The van der Waals surface area contributed by atoms with Crippen LogP contribution in [0.15, 0.2) is 18.2 Å². The predicted molar refractivity (Wildman–Crippen MR) is 98.5 cm³/mol. The van der Waals surface area contributed by atoms with Gasteiger partial charge in [-0.25, -0.2) is 4.39 Å². The first-order chi connectivity index (χ1) is 13.5. The van der Waals surface area contributed by atoms with Gasteiger partial charge in [-0.05, 0) is 43.1 Å².